The van der Waals surface area contributed by atoms with Crippen molar-refractivity contribution in [3.8, 4) is 0 Å². The zero-order chi connectivity index (χ0) is 13.0. The highest BCUT2D eigenvalue weighted by atomic mass is 16.2. The Kier molecular flexibility index (Phi) is 4.52. The summed E-state index contributed by atoms with van der Waals surface area (Å²) in [5, 5.41) is 6.36. The van der Waals surface area contributed by atoms with Gasteiger partial charge in [0.25, 0.3) is 0 Å². The van der Waals surface area contributed by atoms with Gasteiger partial charge in [0, 0.05) is 12.1 Å². The summed E-state index contributed by atoms with van der Waals surface area (Å²) >= 11 is 0. The number of carbonyl (C=O) groups is 1. The van der Waals surface area contributed by atoms with E-state index in [4.69, 9.17) is 0 Å². The van der Waals surface area contributed by atoms with Crippen LogP contribution in [0.4, 0.5) is 4.79 Å². The van der Waals surface area contributed by atoms with Crippen molar-refractivity contribution in [3.05, 3.63) is 0 Å². The van der Waals surface area contributed by atoms with Crippen LogP contribution < -0.4 is 10.6 Å². The summed E-state index contributed by atoms with van der Waals surface area (Å²) in [5.74, 6) is 0. The number of carbonyl (C=O) groups excluding carboxylic acids is 1. The van der Waals surface area contributed by atoms with Gasteiger partial charge in [0.15, 0.2) is 0 Å². The van der Waals surface area contributed by atoms with Crippen molar-refractivity contribution in [2.24, 2.45) is 5.41 Å². The van der Waals surface area contributed by atoms with E-state index >= 15 is 0 Å². The predicted octanol–water partition coefficient (Wildman–Crippen LogP) is 3.59. The monoisotopic (exact) mass is 252 g/mol. The third kappa shape index (κ3) is 3.63. The molecule has 0 aromatic carbocycles. The predicted molar refractivity (Wildman–Crippen MR) is 74.6 cm³/mol. The molecule has 2 amide bonds. The van der Waals surface area contributed by atoms with E-state index in [2.05, 4.69) is 24.5 Å². The number of urea groups is 1. The molecule has 1 atom stereocenters. The van der Waals surface area contributed by atoms with Crippen molar-refractivity contribution in [3.63, 3.8) is 0 Å². The van der Waals surface area contributed by atoms with Gasteiger partial charge in [-0.3, -0.25) is 0 Å². The smallest absolute Gasteiger partial charge is 0.315 e. The first-order valence-electron chi connectivity index (χ1n) is 7.65. The summed E-state index contributed by atoms with van der Waals surface area (Å²) in [6, 6.07) is 0.808. The molecule has 2 fully saturated rings. The summed E-state index contributed by atoms with van der Waals surface area (Å²) in [7, 11) is 0. The maximum atomic E-state index is 12.0. The fourth-order valence-corrected chi connectivity index (χ4v) is 3.39. The van der Waals surface area contributed by atoms with E-state index in [9.17, 15) is 4.79 Å². The molecule has 2 aliphatic carbocycles. The van der Waals surface area contributed by atoms with Crippen molar-refractivity contribution < 1.29 is 4.79 Å². The van der Waals surface area contributed by atoms with Gasteiger partial charge >= 0.3 is 6.03 Å². The second kappa shape index (κ2) is 5.94. The molecule has 0 saturated heterocycles. The van der Waals surface area contributed by atoms with E-state index in [0.717, 1.165) is 19.3 Å². The summed E-state index contributed by atoms with van der Waals surface area (Å²) in [5.41, 5.74) is 0.252. The number of hydrogen-bond donors (Lipinski definition) is 2. The topological polar surface area (TPSA) is 41.1 Å². The Bertz CT molecular complexity index is 282. The quantitative estimate of drug-likeness (QED) is 0.775. The lowest BCUT2D eigenvalue weighted by atomic mass is 9.73. The van der Waals surface area contributed by atoms with E-state index < -0.39 is 0 Å². The van der Waals surface area contributed by atoms with Crippen molar-refractivity contribution in [1.29, 1.82) is 0 Å². The lowest BCUT2D eigenvalue weighted by molar-refractivity contribution is 0.163. The van der Waals surface area contributed by atoms with Gasteiger partial charge in [0.2, 0.25) is 0 Å². The molecule has 0 aromatic heterocycles. The molecule has 104 valence electrons. The Hall–Kier alpha value is -0.730. The standard InChI is InChI=1S/C15H28N2O/c1-15(2)11-7-6-10-13(15)17-14(18)16-12-8-4-3-5-9-12/h12-13H,3-11H2,1-2H3,(H2,16,17,18). The maximum Gasteiger partial charge on any atom is 0.315 e. The lowest BCUT2D eigenvalue weighted by Crippen LogP contribution is -2.52. The van der Waals surface area contributed by atoms with Gasteiger partial charge in [0.1, 0.15) is 0 Å². The molecule has 2 aliphatic rings. The molecule has 2 saturated carbocycles. The zero-order valence-electron chi connectivity index (χ0n) is 11.9. The third-order valence-corrected chi connectivity index (χ3v) is 4.75. The van der Waals surface area contributed by atoms with E-state index in [0.29, 0.717) is 12.1 Å². The van der Waals surface area contributed by atoms with Crippen LogP contribution in [0.5, 0.6) is 0 Å². The molecule has 0 radical (unpaired) electrons. The molecule has 3 heteroatoms. The Morgan fingerprint density at radius 1 is 0.944 bits per heavy atom. The normalized spacial score (nSPS) is 28.7. The van der Waals surface area contributed by atoms with Crippen LogP contribution in [0.25, 0.3) is 0 Å². The highest BCUT2D eigenvalue weighted by molar-refractivity contribution is 5.74. The fourth-order valence-electron chi connectivity index (χ4n) is 3.39. The molecule has 2 N–H and O–H groups in total. The van der Waals surface area contributed by atoms with Crippen LogP contribution in [0, 0.1) is 5.41 Å². The van der Waals surface area contributed by atoms with Crippen molar-refractivity contribution >= 4 is 6.03 Å². The van der Waals surface area contributed by atoms with Gasteiger partial charge < -0.3 is 10.6 Å². The van der Waals surface area contributed by atoms with Crippen molar-refractivity contribution in [2.45, 2.75) is 83.7 Å². The zero-order valence-corrected chi connectivity index (χ0v) is 11.9. The molecule has 3 nitrogen and oxygen atoms in total. The molecule has 0 aromatic rings. The summed E-state index contributed by atoms with van der Waals surface area (Å²) in [4.78, 5) is 12.0. The first-order chi connectivity index (χ1) is 8.58. The van der Waals surface area contributed by atoms with E-state index in [1.165, 1.54) is 38.5 Å². The van der Waals surface area contributed by atoms with Gasteiger partial charge in [-0.05, 0) is 31.1 Å². The minimum atomic E-state index is 0.0573. The average molecular weight is 252 g/mol. The second-order valence-electron chi connectivity index (χ2n) is 6.74. The van der Waals surface area contributed by atoms with Gasteiger partial charge in [-0.15, -0.1) is 0 Å². The Labute approximate surface area is 111 Å². The summed E-state index contributed by atoms with van der Waals surface area (Å²) < 4.78 is 0. The molecule has 1 unspecified atom stereocenters. The van der Waals surface area contributed by atoms with Crippen LogP contribution in [0.1, 0.15) is 71.6 Å². The number of nitrogens with one attached hydrogen (secondary N) is 2. The first-order valence-corrected chi connectivity index (χ1v) is 7.65. The molecule has 0 bridgehead atoms. The van der Waals surface area contributed by atoms with E-state index in [-0.39, 0.29) is 11.4 Å². The minimum Gasteiger partial charge on any atom is -0.335 e. The third-order valence-electron chi connectivity index (χ3n) is 4.75. The fraction of sp³-hybridized carbons (Fsp3) is 0.933. The lowest BCUT2D eigenvalue weighted by Gasteiger charge is -2.39. The molecule has 18 heavy (non-hydrogen) atoms. The number of amides is 2. The molecule has 0 aliphatic heterocycles. The SMILES string of the molecule is CC1(C)CCCCC1NC(=O)NC1CCCCC1. The van der Waals surface area contributed by atoms with Crippen LogP contribution in [0.15, 0.2) is 0 Å². The Morgan fingerprint density at radius 2 is 1.61 bits per heavy atom. The molecular formula is C15H28N2O. The van der Waals surface area contributed by atoms with E-state index in [1.807, 2.05) is 0 Å². The Morgan fingerprint density at radius 3 is 2.28 bits per heavy atom. The second-order valence-corrected chi connectivity index (χ2v) is 6.74. The van der Waals surface area contributed by atoms with Crippen molar-refractivity contribution in [1.82, 2.24) is 10.6 Å². The van der Waals surface area contributed by atoms with Crippen LogP contribution in [0.3, 0.4) is 0 Å². The largest absolute Gasteiger partial charge is 0.335 e. The summed E-state index contributed by atoms with van der Waals surface area (Å²) in [6.07, 6.45) is 11.1. The minimum absolute atomic E-state index is 0.0573. The van der Waals surface area contributed by atoms with Crippen LogP contribution >= 0.6 is 0 Å². The molecular weight excluding hydrogens is 224 g/mol. The van der Waals surface area contributed by atoms with Crippen LogP contribution in [-0.2, 0) is 0 Å². The molecule has 2 rings (SSSR count). The average Bonchev–Trinajstić information content (AvgIpc) is 2.33. The van der Waals surface area contributed by atoms with Crippen LogP contribution in [0.2, 0.25) is 0 Å². The Balaban J connectivity index is 1.79. The van der Waals surface area contributed by atoms with E-state index in [1.54, 1.807) is 0 Å². The van der Waals surface area contributed by atoms with Gasteiger partial charge in [-0.2, -0.15) is 0 Å². The van der Waals surface area contributed by atoms with Crippen molar-refractivity contribution in [2.75, 3.05) is 0 Å². The number of rotatable bonds is 2. The molecule has 0 spiro atoms. The highest BCUT2D eigenvalue weighted by Crippen LogP contribution is 2.35. The maximum absolute atomic E-state index is 12.0. The van der Waals surface area contributed by atoms with Crippen LogP contribution in [-0.4, -0.2) is 18.1 Å². The van der Waals surface area contributed by atoms with Gasteiger partial charge in [-0.25, -0.2) is 4.79 Å². The molecule has 0 heterocycles. The highest BCUT2D eigenvalue weighted by Gasteiger charge is 2.33. The first kappa shape index (κ1) is 13.7. The number of hydrogen-bond acceptors (Lipinski definition) is 1. The van der Waals surface area contributed by atoms with Gasteiger partial charge in [-0.1, -0.05) is 46.0 Å². The van der Waals surface area contributed by atoms with Gasteiger partial charge in [0.05, 0.1) is 0 Å². The summed E-state index contributed by atoms with van der Waals surface area (Å²) in [6.45, 7) is 4.55.